The number of aromatic nitrogens is 3. The number of rotatable bonds is 3. The largest absolute Gasteiger partial charge is 0.315 e. The third-order valence-corrected chi connectivity index (χ3v) is 16.9. The Bertz CT molecular complexity index is 1580. The molecule has 1 radical (unpaired) electrons. The Hall–Kier alpha value is -1.18. The molecule has 10 rings (SSSR count). The van der Waals surface area contributed by atoms with Gasteiger partial charge in [0, 0.05) is 23.0 Å². The summed E-state index contributed by atoms with van der Waals surface area (Å²) in [7, 11) is -4.14. The summed E-state index contributed by atoms with van der Waals surface area (Å²) >= 11 is 0. The third kappa shape index (κ3) is 6.87. The van der Waals surface area contributed by atoms with Crippen LogP contribution in [0, 0.1) is 59.5 Å². The first-order valence-corrected chi connectivity index (χ1v) is 22.0. The molecular weight excluding hydrogens is 754 g/mol. The summed E-state index contributed by atoms with van der Waals surface area (Å²) in [5.74, 6) is 2.18. The Kier molecular flexibility index (Phi) is 10.6. The average molecular weight is 811 g/mol. The van der Waals surface area contributed by atoms with Crippen LogP contribution in [0.15, 0.2) is 0 Å². The first kappa shape index (κ1) is 37.4. The van der Waals surface area contributed by atoms with E-state index in [-0.39, 0.29) is 78.2 Å². The zero-order valence-corrected chi connectivity index (χ0v) is 31.8. The van der Waals surface area contributed by atoms with Gasteiger partial charge in [0.1, 0.15) is 0 Å². The summed E-state index contributed by atoms with van der Waals surface area (Å²) in [6.07, 6.45) is 14.5. The number of halogens is 2. The molecule has 8 bridgehead atoms. The Labute approximate surface area is 321 Å². The smallest absolute Gasteiger partial charge is 0.286 e. The summed E-state index contributed by atoms with van der Waals surface area (Å²) in [6.45, 7) is 0. The third-order valence-electron chi connectivity index (χ3n) is 15.0. The molecule has 9 fully saturated rings. The van der Waals surface area contributed by atoms with E-state index in [1.807, 2.05) is 0 Å². The Morgan fingerprint density at radius 1 is 0.453 bits per heavy atom. The summed E-state index contributed by atoms with van der Waals surface area (Å²) in [5.41, 5.74) is 0. The zero-order chi connectivity index (χ0) is 35.1. The van der Waals surface area contributed by atoms with Gasteiger partial charge in [-0.05, 0) is 92.8 Å². The van der Waals surface area contributed by atoms with Crippen molar-refractivity contribution in [3.8, 4) is 0 Å². The number of nitrogens with zero attached hydrogens (tertiary/aromatic N) is 3. The van der Waals surface area contributed by atoms with E-state index in [1.54, 1.807) is 0 Å². The average Bonchev–Trinajstić information content (AvgIpc) is 3.87. The van der Waals surface area contributed by atoms with Gasteiger partial charge >= 0.3 is 12.2 Å². The monoisotopic (exact) mass is 809 g/mol. The standard InChI is InChI=1S/C35H56F2N12O2S.Cu/c36-33-46-34(37)48-35(47-33)49-52(50,51)23-15-7-14-22-24(23)32-44-30-21-13-6-5-12-20(21)28(42-30)40-26-17-9-2-1-8-16(17)25(38-26)39-27-18-10-3-4-11-19(18)29(41-27)43-31(22)45-32;/h16-32,38-45H,1-15H2,(H,46,47,48,49);. The van der Waals surface area contributed by atoms with Crippen LogP contribution >= 0.6 is 0 Å². The predicted molar refractivity (Wildman–Crippen MR) is 189 cm³/mol. The molecule has 4 aliphatic carbocycles. The van der Waals surface area contributed by atoms with Gasteiger partial charge in [-0.15, -0.1) is 0 Å². The molecule has 5 saturated heterocycles. The zero-order valence-electron chi connectivity index (χ0n) is 30.0. The second kappa shape index (κ2) is 15.0. The van der Waals surface area contributed by atoms with E-state index in [1.165, 1.54) is 70.6 Å². The summed E-state index contributed by atoms with van der Waals surface area (Å²) in [6, 6.07) is 0. The first-order valence-electron chi connectivity index (χ1n) is 20.5. The molecule has 4 saturated carbocycles. The van der Waals surface area contributed by atoms with Crippen molar-refractivity contribution in [3.63, 3.8) is 0 Å². The van der Waals surface area contributed by atoms with Crippen LogP contribution < -0.4 is 47.3 Å². The van der Waals surface area contributed by atoms with Gasteiger partial charge in [-0.25, -0.2) is 8.42 Å². The number of nitrogens with one attached hydrogen (secondary N) is 9. The second-order valence-electron chi connectivity index (χ2n) is 17.5. The van der Waals surface area contributed by atoms with Gasteiger partial charge in [0.15, 0.2) is 0 Å². The summed E-state index contributed by atoms with van der Waals surface area (Å²) in [4.78, 5) is 9.86. The predicted octanol–water partition coefficient (Wildman–Crippen LogP) is 1.49. The van der Waals surface area contributed by atoms with Crippen LogP contribution in [0.3, 0.4) is 0 Å². The number of sulfonamides is 1. The van der Waals surface area contributed by atoms with Crippen molar-refractivity contribution in [1.82, 2.24) is 57.5 Å². The fourth-order valence-electron chi connectivity index (χ4n) is 12.9. The van der Waals surface area contributed by atoms with E-state index in [0.717, 1.165) is 19.3 Å². The summed E-state index contributed by atoms with van der Waals surface area (Å²) in [5, 5.41) is 31.6. The van der Waals surface area contributed by atoms with E-state index in [4.69, 9.17) is 0 Å². The molecule has 14 nitrogen and oxygen atoms in total. The maximum absolute atomic E-state index is 14.2. The van der Waals surface area contributed by atoms with Gasteiger partial charge in [0.2, 0.25) is 16.0 Å². The van der Waals surface area contributed by atoms with Crippen molar-refractivity contribution in [2.75, 3.05) is 4.72 Å². The number of hydrogen-bond acceptors (Lipinski definition) is 13. The number of anilines is 1. The Morgan fingerprint density at radius 3 is 1.15 bits per heavy atom. The first-order chi connectivity index (χ1) is 25.3. The van der Waals surface area contributed by atoms with Crippen molar-refractivity contribution in [2.24, 2.45) is 47.3 Å². The van der Waals surface area contributed by atoms with E-state index >= 15 is 0 Å². The topological polar surface area (TPSA) is 181 Å². The molecule has 17 unspecified atom stereocenters. The van der Waals surface area contributed by atoms with E-state index in [2.05, 4.69) is 62.2 Å². The molecule has 1 aromatic heterocycles. The minimum absolute atomic E-state index is 0. The van der Waals surface area contributed by atoms with E-state index < -0.39 is 33.4 Å². The summed E-state index contributed by atoms with van der Waals surface area (Å²) < 4.78 is 58.6. The van der Waals surface area contributed by atoms with Gasteiger partial charge in [-0.2, -0.15) is 23.7 Å². The van der Waals surface area contributed by atoms with Crippen LogP contribution in [-0.2, 0) is 27.1 Å². The molecule has 0 aromatic carbocycles. The van der Waals surface area contributed by atoms with Gasteiger partial charge in [-0.1, -0.05) is 44.9 Å². The Balaban J connectivity index is 0.00000372. The van der Waals surface area contributed by atoms with Crippen molar-refractivity contribution in [3.05, 3.63) is 12.2 Å². The van der Waals surface area contributed by atoms with Crippen molar-refractivity contribution in [2.45, 2.75) is 151 Å². The van der Waals surface area contributed by atoms with Gasteiger partial charge in [0.25, 0.3) is 0 Å². The quantitative estimate of drug-likeness (QED) is 0.201. The van der Waals surface area contributed by atoms with Crippen LogP contribution in [0.4, 0.5) is 14.7 Å². The van der Waals surface area contributed by atoms with E-state index in [0.29, 0.717) is 41.9 Å². The van der Waals surface area contributed by atoms with Crippen molar-refractivity contribution < 1.29 is 34.3 Å². The minimum Gasteiger partial charge on any atom is -0.286 e. The molecular formula is C35H56CuF2N12O2S. The molecule has 0 spiro atoms. The molecule has 6 heterocycles. The molecule has 9 N–H and O–H groups in total. The van der Waals surface area contributed by atoms with Gasteiger partial charge in [0.05, 0.1) is 54.6 Å². The molecule has 299 valence electrons. The minimum atomic E-state index is -4.14. The van der Waals surface area contributed by atoms with Gasteiger partial charge < -0.3 is 0 Å². The fourth-order valence-corrected chi connectivity index (χ4v) is 14.7. The Morgan fingerprint density at radius 2 is 0.774 bits per heavy atom. The molecule has 0 amide bonds. The molecule has 17 atom stereocenters. The SMILES string of the molecule is O=S(=O)(Nc1nc(F)nc(F)n1)C1CCCC2C3NC4NC(NC5NC(NC6NC(NC(N3)C21)C1CCCCC61)C1CCCCC51)C1CCCCC41.[Cu]. The number of fused-ring (bicyclic) bond motifs is 20. The van der Waals surface area contributed by atoms with Crippen LogP contribution in [0.1, 0.15) is 96.3 Å². The van der Waals surface area contributed by atoms with Crippen molar-refractivity contribution >= 4 is 16.0 Å². The molecule has 53 heavy (non-hydrogen) atoms. The van der Waals surface area contributed by atoms with Crippen LogP contribution in [-0.4, -0.2) is 77.9 Å². The normalized spacial score (nSPS) is 47.8. The molecule has 1 aromatic rings. The molecule has 9 aliphatic rings. The maximum Gasteiger partial charge on any atom is 0.315 e. The van der Waals surface area contributed by atoms with E-state index in [9.17, 15) is 17.2 Å². The van der Waals surface area contributed by atoms with Gasteiger partial charge in [-0.3, -0.25) is 47.3 Å². The van der Waals surface area contributed by atoms with Crippen LogP contribution in [0.5, 0.6) is 0 Å². The fraction of sp³-hybridized carbons (Fsp3) is 0.914. The molecule has 5 aliphatic heterocycles. The molecule has 18 heteroatoms. The maximum atomic E-state index is 14.2. The number of hydrogen-bond donors (Lipinski definition) is 9. The van der Waals surface area contributed by atoms with Crippen LogP contribution in [0.25, 0.3) is 0 Å². The van der Waals surface area contributed by atoms with Crippen molar-refractivity contribution in [1.29, 1.82) is 0 Å². The second-order valence-corrected chi connectivity index (χ2v) is 19.4. The van der Waals surface area contributed by atoms with Crippen LogP contribution in [0.2, 0.25) is 0 Å².